The molecule has 1 saturated heterocycles. The van der Waals surface area contributed by atoms with Crippen molar-refractivity contribution in [1.82, 2.24) is 19.5 Å². The van der Waals surface area contributed by atoms with Gasteiger partial charge in [0.2, 0.25) is 5.95 Å². The van der Waals surface area contributed by atoms with E-state index in [4.69, 9.17) is 0 Å². The van der Waals surface area contributed by atoms with Gasteiger partial charge in [-0.3, -0.25) is 9.20 Å². The van der Waals surface area contributed by atoms with Gasteiger partial charge < -0.3 is 9.80 Å². The van der Waals surface area contributed by atoms with Crippen LogP contribution in [-0.4, -0.2) is 51.6 Å². The van der Waals surface area contributed by atoms with E-state index in [9.17, 15) is 18.0 Å². The topological polar surface area (TPSA) is 53.7 Å². The van der Waals surface area contributed by atoms with Crippen molar-refractivity contribution >= 4 is 28.8 Å². The Morgan fingerprint density at radius 3 is 2.67 bits per heavy atom. The molecule has 0 saturated carbocycles. The van der Waals surface area contributed by atoms with E-state index >= 15 is 0 Å². The summed E-state index contributed by atoms with van der Waals surface area (Å²) in [5.74, 6) is 0.346. The maximum atomic E-state index is 13.0. The lowest BCUT2D eigenvalue weighted by Crippen LogP contribution is -2.35. The van der Waals surface area contributed by atoms with Crippen LogP contribution in [0.5, 0.6) is 0 Å². The molecule has 6 nitrogen and oxygen atoms in total. The van der Waals surface area contributed by atoms with Crippen molar-refractivity contribution in [3.05, 3.63) is 46.3 Å². The minimum atomic E-state index is -4.43. The summed E-state index contributed by atoms with van der Waals surface area (Å²) in [6.45, 7) is 2.14. The average Bonchev–Trinajstić information content (AvgIpc) is 3.25. The zero-order chi connectivity index (χ0) is 19.0. The van der Waals surface area contributed by atoms with Gasteiger partial charge >= 0.3 is 6.18 Å². The molecule has 4 rings (SSSR count). The molecule has 3 aromatic rings. The van der Waals surface area contributed by atoms with Crippen LogP contribution in [0, 0.1) is 0 Å². The van der Waals surface area contributed by atoms with Crippen LogP contribution in [0.1, 0.15) is 21.7 Å². The summed E-state index contributed by atoms with van der Waals surface area (Å²) in [6, 6.07) is 5.93. The lowest BCUT2D eigenvalue weighted by Gasteiger charge is -2.21. The lowest BCUT2D eigenvalue weighted by molar-refractivity contribution is -0.137. The minimum Gasteiger partial charge on any atom is -0.339 e. The first-order valence-electron chi connectivity index (χ1n) is 8.43. The minimum absolute atomic E-state index is 0.0164. The van der Waals surface area contributed by atoms with Gasteiger partial charge in [0, 0.05) is 32.4 Å². The zero-order valence-electron chi connectivity index (χ0n) is 14.2. The highest BCUT2D eigenvalue weighted by Crippen LogP contribution is 2.30. The number of carbonyl (C=O) groups is 1. The molecule has 3 aromatic heterocycles. The summed E-state index contributed by atoms with van der Waals surface area (Å²) in [4.78, 5) is 16.9. The zero-order valence-corrected chi connectivity index (χ0v) is 15.0. The fourth-order valence-corrected chi connectivity index (χ4v) is 3.83. The van der Waals surface area contributed by atoms with Crippen LogP contribution in [0.25, 0.3) is 5.65 Å². The number of hydrogen-bond acceptors (Lipinski definition) is 5. The van der Waals surface area contributed by atoms with Gasteiger partial charge in [0.05, 0.1) is 10.4 Å². The van der Waals surface area contributed by atoms with Crippen LogP contribution in [0.15, 0.2) is 35.8 Å². The van der Waals surface area contributed by atoms with Gasteiger partial charge in [0.15, 0.2) is 5.65 Å². The predicted molar refractivity (Wildman–Crippen MR) is 95.0 cm³/mol. The molecular formula is C17H16F3N5OS. The molecule has 0 aliphatic carbocycles. The van der Waals surface area contributed by atoms with Crippen LogP contribution in [-0.2, 0) is 6.18 Å². The maximum Gasteiger partial charge on any atom is 0.417 e. The SMILES string of the molecule is O=C(c1cccs1)N1CCCN(c2nnc3ccc(C(F)(F)F)cn23)CC1. The molecule has 1 amide bonds. The number of hydrogen-bond donors (Lipinski definition) is 0. The first kappa shape index (κ1) is 17.8. The Morgan fingerprint density at radius 2 is 1.93 bits per heavy atom. The number of pyridine rings is 1. The average molecular weight is 395 g/mol. The van der Waals surface area contributed by atoms with Crippen LogP contribution in [0.2, 0.25) is 0 Å². The molecule has 4 heterocycles. The highest BCUT2D eigenvalue weighted by atomic mass is 32.1. The standard InChI is InChI=1S/C17H16F3N5OS/c18-17(19,20)12-4-5-14-21-22-16(25(14)11-12)24-7-2-6-23(8-9-24)15(26)13-3-1-10-27-13/h1,3-5,10-11H,2,6-9H2. The Hall–Kier alpha value is -2.62. The lowest BCUT2D eigenvalue weighted by atomic mass is 10.3. The fraction of sp³-hybridized carbons (Fsp3) is 0.353. The van der Waals surface area contributed by atoms with E-state index in [-0.39, 0.29) is 5.91 Å². The number of alkyl halides is 3. The van der Waals surface area contributed by atoms with Gasteiger partial charge in [-0.15, -0.1) is 21.5 Å². The molecule has 0 N–H and O–H groups in total. The number of carbonyl (C=O) groups excluding carboxylic acids is 1. The van der Waals surface area contributed by atoms with Crippen molar-refractivity contribution in [2.45, 2.75) is 12.6 Å². The smallest absolute Gasteiger partial charge is 0.339 e. The van der Waals surface area contributed by atoms with Gasteiger partial charge in [-0.05, 0) is 30.0 Å². The number of nitrogens with zero attached hydrogens (tertiary/aromatic N) is 5. The highest BCUT2D eigenvalue weighted by Gasteiger charge is 2.31. The third kappa shape index (κ3) is 3.48. The monoisotopic (exact) mass is 395 g/mol. The maximum absolute atomic E-state index is 13.0. The van der Waals surface area contributed by atoms with Crippen molar-refractivity contribution in [2.75, 3.05) is 31.1 Å². The van der Waals surface area contributed by atoms with Gasteiger partial charge in [-0.2, -0.15) is 13.2 Å². The Balaban J connectivity index is 1.56. The van der Waals surface area contributed by atoms with E-state index in [0.717, 1.165) is 12.3 Å². The molecule has 142 valence electrons. The highest BCUT2D eigenvalue weighted by molar-refractivity contribution is 7.12. The molecule has 0 radical (unpaired) electrons. The number of amides is 1. The molecule has 0 unspecified atom stereocenters. The molecule has 1 fully saturated rings. The van der Waals surface area contributed by atoms with Crippen LogP contribution in [0.4, 0.5) is 19.1 Å². The van der Waals surface area contributed by atoms with Gasteiger partial charge in [0.1, 0.15) is 0 Å². The van der Waals surface area contributed by atoms with E-state index in [1.165, 1.54) is 21.8 Å². The second-order valence-electron chi connectivity index (χ2n) is 6.25. The van der Waals surface area contributed by atoms with Crippen molar-refractivity contribution in [3.8, 4) is 0 Å². The third-order valence-electron chi connectivity index (χ3n) is 4.51. The number of anilines is 1. The van der Waals surface area contributed by atoms with Gasteiger partial charge in [-0.1, -0.05) is 6.07 Å². The molecule has 1 aliphatic rings. The van der Waals surface area contributed by atoms with E-state index in [0.29, 0.717) is 49.1 Å². The normalized spacial score (nSPS) is 16.0. The predicted octanol–water partition coefficient (Wildman–Crippen LogP) is 3.16. The summed E-state index contributed by atoms with van der Waals surface area (Å²) in [5.41, 5.74) is -0.394. The first-order chi connectivity index (χ1) is 12.9. The molecule has 0 bridgehead atoms. The van der Waals surface area contributed by atoms with E-state index in [1.54, 1.807) is 11.0 Å². The number of aromatic nitrogens is 3. The number of thiophene rings is 1. The summed E-state index contributed by atoms with van der Waals surface area (Å²) in [7, 11) is 0. The second kappa shape index (κ2) is 6.84. The van der Waals surface area contributed by atoms with Crippen LogP contribution in [0.3, 0.4) is 0 Å². The molecule has 0 aromatic carbocycles. The molecule has 1 aliphatic heterocycles. The first-order valence-corrected chi connectivity index (χ1v) is 9.31. The molecule has 0 atom stereocenters. The van der Waals surface area contributed by atoms with E-state index in [1.807, 2.05) is 16.3 Å². The molecular weight excluding hydrogens is 379 g/mol. The molecule has 10 heteroatoms. The number of rotatable bonds is 2. The van der Waals surface area contributed by atoms with Crippen molar-refractivity contribution in [3.63, 3.8) is 0 Å². The Morgan fingerprint density at radius 1 is 1.07 bits per heavy atom. The molecule has 27 heavy (non-hydrogen) atoms. The van der Waals surface area contributed by atoms with Crippen molar-refractivity contribution < 1.29 is 18.0 Å². The summed E-state index contributed by atoms with van der Waals surface area (Å²) < 4.78 is 40.4. The quantitative estimate of drug-likeness (QED) is 0.669. The Kier molecular flexibility index (Phi) is 4.50. The van der Waals surface area contributed by atoms with E-state index in [2.05, 4.69) is 10.2 Å². The Labute approximate surface area is 156 Å². The molecule has 0 spiro atoms. The second-order valence-corrected chi connectivity index (χ2v) is 7.20. The number of halogens is 3. The fourth-order valence-electron chi connectivity index (χ4n) is 3.14. The third-order valence-corrected chi connectivity index (χ3v) is 5.37. The number of fused-ring (bicyclic) bond motifs is 1. The van der Waals surface area contributed by atoms with Crippen LogP contribution >= 0.6 is 11.3 Å². The Bertz CT molecular complexity index is 953. The van der Waals surface area contributed by atoms with E-state index < -0.39 is 11.7 Å². The summed E-state index contributed by atoms with van der Waals surface area (Å²) >= 11 is 1.40. The van der Waals surface area contributed by atoms with Gasteiger partial charge in [0.25, 0.3) is 5.91 Å². The van der Waals surface area contributed by atoms with Crippen LogP contribution < -0.4 is 4.90 Å². The van der Waals surface area contributed by atoms with Crippen molar-refractivity contribution in [2.24, 2.45) is 0 Å². The summed E-state index contributed by atoms with van der Waals surface area (Å²) in [5, 5.41) is 9.90. The largest absolute Gasteiger partial charge is 0.417 e. The van der Waals surface area contributed by atoms with Gasteiger partial charge in [-0.25, -0.2) is 0 Å². The van der Waals surface area contributed by atoms with Crippen molar-refractivity contribution in [1.29, 1.82) is 0 Å². The summed E-state index contributed by atoms with van der Waals surface area (Å²) in [6.07, 6.45) is -2.71.